The molecule has 0 bridgehead atoms. The van der Waals surface area contributed by atoms with Crippen molar-refractivity contribution in [2.75, 3.05) is 13.7 Å². The third kappa shape index (κ3) is 4.59. The summed E-state index contributed by atoms with van der Waals surface area (Å²) in [5, 5.41) is -1.24. The van der Waals surface area contributed by atoms with E-state index in [9.17, 15) is 13.2 Å². The molecule has 0 spiro atoms. The molecule has 0 radical (unpaired) electrons. The molecule has 0 saturated heterocycles. The number of sulfonamides is 1. The van der Waals surface area contributed by atoms with Crippen LogP contribution in [0.2, 0.25) is 0 Å². The largest absolute Gasteiger partial charge is 0.468 e. The fraction of sp³-hybridized carbons (Fsp3) is 0.462. The number of esters is 1. The molecule has 3 N–H and O–H groups in total. The molecule has 112 valence electrons. The zero-order valence-corrected chi connectivity index (χ0v) is 12.4. The van der Waals surface area contributed by atoms with Gasteiger partial charge in [0.05, 0.1) is 7.11 Å². The molecular formula is C13H20N2O4S. The van der Waals surface area contributed by atoms with E-state index in [1.165, 1.54) is 6.92 Å². The number of methoxy groups -OCH3 is 1. The Morgan fingerprint density at radius 2 is 1.95 bits per heavy atom. The summed E-state index contributed by atoms with van der Waals surface area (Å²) in [5.74, 6) is -0.787. The third-order valence-corrected chi connectivity index (χ3v) is 4.71. The summed E-state index contributed by atoms with van der Waals surface area (Å²) in [6.45, 7) is 1.45. The van der Waals surface area contributed by atoms with Crippen LogP contribution in [-0.2, 0) is 19.6 Å². The van der Waals surface area contributed by atoms with Crippen LogP contribution in [0.5, 0.6) is 0 Å². The zero-order chi connectivity index (χ0) is 15.2. The van der Waals surface area contributed by atoms with Gasteiger partial charge < -0.3 is 10.5 Å². The van der Waals surface area contributed by atoms with Crippen molar-refractivity contribution in [2.45, 2.75) is 24.6 Å². The summed E-state index contributed by atoms with van der Waals surface area (Å²) in [4.78, 5) is 11.2. The molecule has 20 heavy (non-hydrogen) atoms. The van der Waals surface area contributed by atoms with Crippen molar-refractivity contribution >= 4 is 16.0 Å². The van der Waals surface area contributed by atoms with Crippen LogP contribution in [0, 0.1) is 0 Å². The lowest BCUT2D eigenvalue weighted by Gasteiger charge is -2.15. The number of nitrogens with one attached hydrogen (secondary N) is 1. The predicted molar refractivity (Wildman–Crippen MR) is 76.4 cm³/mol. The van der Waals surface area contributed by atoms with Crippen molar-refractivity contribution in [3.8, 4) is 0 Å². The molecule has 0 aliphatic carbocycles. The van der Waals surface area contributed by atoms with Crippen molar-refractivity contribution in [3.63, 3.8) is 0 Å². The van der Waals surface area contributed by atoms with Crippen LogP contribution in [-0.4, -0.2) is 33.3 Å². The van der Waals surface area contributed by atoms with E-state index in [4.69, 9.17) is 5.73 Å². The van der Waals surface area contributed by atoms with Crippen molar-refractivity contribution in [1.29, 1.82) is 0 Å². The summed E-state index contributed by atoms with van der Waals surface area (Å²) in [5.41, 5.74) is 6.90. The molecule has 2 atom stereocenters. The lowest BCUT2D eigenvalue weighted by atomic mass is 10.1. The van der Waals surface area contributed by atoms with Crippen LogP contribution in [0.25, 0.3) is 0 Å². The maximum absolute atomic E-state index is 11.8. The lowest BCUT2D eigenvalue weighted by Crippen LogP contribution is -2.39. The minimum atomic E-state index is -3.73. The minimum Gasteiger partial charge on any atom is -0.468 e. The monoisotopic (exact) mass is 300 g/mol. The van der Waals surface area contributed by atoms with Crippen LogP contribution in [0.15, 0.2) is 30.3 Å². The highest BCUT2D eigenvalue weighted by Crippen LogP contribution is 2.12. The van der Waals surface area contributed by atoms with Gasteiger partial charge >= 0.3 is 5.97 Å². The van der Waals surface area contributed by atoms with Gasteiger partial charge in [0.1, 0.15) is 0 Å². The van der Waals surface area contributed by atoms with Gasteiger partial charge in [-0.1, -0.05) is 30.3 Å². The molecule has 6 nitrogen and oxygen atoms in total. The van der Waals surface area contributed by atoms with E-state index < -0.39 is 21.2 Å². The number of carbonyl (C=O) groups excluding carboxylic acids is 1. The van der Waals surface area contributed by atoms with E-state index in [-0.39, 0.29) is 12.6 Å². The summed E-state index contributed by atoms with van der Waals surface area (Å²) in [6, 6.07) is 9.15. The number of nitrogens with two attached hydrogens (primary N) is 1. The van der Waals surface area contributed by atoms with E-state index in [1.807, 2.05) is 30.3 Å². The number of carbonyl (C=O) groups is 1. The Morgan fingerprint density at radius 1 is 1.35 bits per heavy atom. The second-order valence-corrected chi connectivity index (χ2v) is 6.50. The van der Waals surface area contributed by atoms with Gasteiger partial charge in [0.2, 0.25) is 10.0 Å². The number of benzene rings is 1. The molecule has 1 rings (SSSR count). The molecule has 7 heteroatoms. The molecule has 2 unspecified atom stereocenters. The number of hydrogen-bond donors (Lipinski definition) is 2. The Hall–Kier alpha value is -1.44. The first-order valence-corrected chi connectivity index (χ1v) is 7.80. The molecule has 1 aromatic carbocycles. The minimum absolute atomic E-state index is 0.166. The number of rotatable bonds is 7. The smallest absolute Gasteiger partial charge is 0.325 e. The predicted octanol–water partition coefficient (Wildman–Crippen LogP) is 0.557. The quantitative estimate of drug-likeness (QED) is 0.717. The van der Waals surface area contributed by atoms with Gasteiger partial charge in [0.25, 0.3) is 0 Å². The van der Waals surface area contributed by atoms with E-state index in [1.54, 1.807) is 0 Å². The Bertz CT molecular complexity index is 531. The van der Waals surface area contributed by atoms with E-state index in [0.29, 0.717) is 6.42 Å². The molecule has 0 saturated carbocycles. The standard InChI is InChI=1S/C13H20N2O4S/c1-10(13(16)19-2)20(17,18)15-9-8-12(14)11-6-4-3-5-7-11/h3-7,10,12,15H,8-9,14H2,1-2H3. The number of ether oxygens (including phenoxy) is 1. The van der Waals surface area contributed by atoms with Gasteiger partial charge in [-0.25, -0.2) is 13.1 Å². The lowest BCUT2D eigenvalue weighted by molar-refractivity contribution is -0.139. The topological polar surface area (TPSA) is 98.5 Å². The van der Waals surface area contributed by atoms with E-state index >= 15 is 0 Å². The summed E-state index contributed by atoms with van der Waals surface area (Å²) in [7, 11) is -2.58. The van der Waals surface area contributed by atoms with Gasteiger partial charge in [-0.15, -0.1) is 0 Å². The van der Waals surface area contributed by atoms with E-state index in [2.05, 4.69) is 9.46 Å². The van der Waals surface area contributed by atoms with Crippen LogP contribution in [0.3, 0.4) is 0 Å². The Labute approximate surface area is 119 Å². The van der Waals surface area contributed by atoms with Gasteiger partial charge in [-0.2, -0.15) is 0 Å². The fourth-order valence-corrected chi connectivity index (χ4v) is 2.64. The average Bonchev–Trinajstić information content (AvgIpc) is 2.46. The molecule has 0 heterocycles. The van der Waals surface area contributed by atoms with E-state index in [0.717, 1.165) is 12.7 Å². The second-order valence-electron chi connectivity index (χ2n) is 4.41. The van der Waals surface area contributed by atoms with Gasteiger partial charge in [-0.3, -0.25) is 4.79 Å². The number of hydrogen-bond acceptors (Lipinski definition) is 5. The van der Waals surface area contributed by atoms with Crippen LogP contribution in [0.4, 0.5) is 0 Å². The molecular weight excluding hydrogens is 280 g/mol. The maximum Gasteiger partial charge on any atom is 0.325 e. The first-order chi connectivity index (χ1) is 9.38. The molecule has 0 amide bonds. The van der Waals surface area contributed by atoms with Crippen molar-refractivity contribution in [1.82, 2.24) is 4.72 Å². The van der Waals surface area contributed by atoms with Crippen molar-refractivity contribution < 1.29 is 17.9 Å². The zero-order valence-electron chi connectivity index (χ0n) is 11.6. The van der Waals surface area contributed by atoms with Crippen LogP contribution >= 0.6 is 0 Å². The van der Waals surface area contributed by atoms with Crippen molar-refractivity contribution in [2.24, 2.45) is 5.73 Å². The highest BCUT2D eigenvalue weighted by atomic mass is 32.2. The molecule has 0 aliphatic rings. The summed E-state index contributed by atoms with van der Waals surface area (Å²) in [6.07, 6.45) is 0.442. The average molecular weight is 300 g/mol. The normalized spacial score (nSPS) is 14.6. The summed E-state index contributed by atoms with van der Waals surface area (Å²) < 4.78 is 30.4. The highest BCUT2D eigenvalue weighted by molar-refractivity contribution is 7.90. The van der Waals surface area contributed by atoms with Gasteiger partial charge in [-0.05, 0) is 18.9 Å². The molecule has 0 fully saturated rings. The molecule has 1 aromatic rings. The SMILES string of the molecule is COC(=O)C(C)S(=O)(=O)NCCC(N)c1ccccc1. The van der Waals surface area contributed by atoms with Gasteiger partial charge in [0, 0.05) is 12.6 Å². The first kappa shape index (κ1) is 16.6. The third-order valence-electron chi connectivity index (χ3n) is 2.98. The molecule has 0 aliphatic heterocycles. The first-order valence-electron chi connectivity index (χ1n) is 6.25. The van der Waals surface area contributed by atoms with Crippen LogP contribution < -0.4 is 10.5 Å². The Balaban J connectivity index is 2.50. The fourth-order valence-electron chi connectivity index (χ4n) is 1.64. The highest BCUT2D eigenvalue weighted by Gasteiger charge is 2.28. The maximum atomic E-state index is 11.8. The molecule has 0 aromatic heterocycles. The second kappa shape index (κ2) is 7.37. The Kier molecular flexibility index (Phi) is 6.12. The Morgan fingerprint density at radius 3 is 2.50 bits per heavy atom. The van der Waals surface area contributed by atoms with Crippen molar-refractivity contribution in [3.05, 3.63) is 35.9 Å². The van der Waals surface area contributed by atoms with Gasteiger partial charge in [0.15, 0.2) is 5.25 Å². The summed E-state index contributed by atoms with van der Waals surface area (Å²) >= 11 is 0. The van der Waals surface area contributed by atoms with Crippen LogP contribution in [0.1, 0.15) is 24.9 Å².